The number of nitrogens with zero attached hydrogens (tertiary/aromatic N) is 1. The molecule has 1 heterocycles. The average molecular weight is 289 g/mol. The summed E-state index contributed by atoms with van der Waals surface area (Å²) in [5.41, 5.74) is 0.00687. The molecule has 1 N–H and O–H groups in total. The lowest BCUT2D eigenvalue weighted by Gasteiger charge is -2.27. The van der Waals surface area contributed by atoms with E-state index in [9.17, 15) is 8.42 Å². The Morgan fingerprint density at radius 2 is 2.17 bits per heavy atom. The fourth-order valence-corrected chi connectivity index (χ4v) is 3.82. The van der Waals surface area contributed by atoms with Crippen LogP contribution in [0.15, 0.2) is 23.2 Å². The van der Waals surface area contributed by atoms with E-state index in [0.29, 0.717) is 0 Å². The predicted molar refractivity (Wildman–Crippen MR) is 71.0 cm³/mol. The molecule has 1 aromatic heterocycles. The van der Waals surface area contributed by atoms with E-state index in [-0.39, 0.29) is 21.5 Å². The van der Waals surface area contributed by atoms with E-state index in [1.165, 1.54) is 18.3 Å². The second-order valence-corrected chi connectivity index (χ2v) is 7.47. The highest BCUT2D eigenvalue weighted by Crippen LogP contribution is 2.37. The topological polar surface area (TPSA) is 59.1 Å². The van der Waals surface area contributed by atoms with Crippen molar-refractivity contribution in [2.75, 3.05) is 0 Å². The molecular weight excluding hydrogens is 272 g/mol. The van der Waals surface area contributed by atoms with Gasteiger partial charge in [-0.1, -0.05) is 31.9 Å². The molecular formula is C12H17ClN2O2S. The first-order chi connectivity index (χ1) is 8.31. The number of nitrogens with one attached hydrogen (secondary N) is 1. The zero-order valence-electron chi connectivity index (χ0n) is 10.5. The molecule has 2 rings (SSSR count). The normalized spacial score (nSPS) is 23.2. The van der Waals surface area contributed by atoms with Crippen molar-refractivity contribution in [3.05, 3.63) is 23.5 Å². The minimum absolute atomic E-state index is 0.00687. The molecule has 4 nitrogen and oxygen atoms in total. The van der Waals surface area contributed by atoms with Gasteiger partial charge in [0, 0.05) is 12.2 Å². The monoisotopic (exact) mass is 288 g/mol. The second kappa shape index (κ2) is 4.79. The molecule has 1 aliphatic carbocycles. The third-order valence-electron chi connectivity index (χ3n) is 3.57. The van der Waals surface area contributed by atoms with E-state index in [1.54, 1.807) is 0 Å². The lowest BCUT2D eigenvalue weighted by molar-refractivity contribution is 0.313. The molecule has 1 aliphatic rings. The maximum atomic E-state index is 12.2. The highest BCUT2D eigenvalue weighted by atomic mass is 35.5. The SMILES string of the molecule is CC1(C)CCCC1NS(=O)(=O)c1ccc(Cl)nc1. The third-order valence-corrected chi connectivity index (χ3v) is 5.25. The van der Waals surface area contributed by atoms with Crippen molar-refractivity contribution in [3.8, 4) is 0 Å². The number of sulfonamides is 1. The van der Waals surface area contributed by atoms with Gasteiger partial charge in [-0.05, 0) is 30.4 Å². The van der Waals surface area contributed by atoms with Crippen LogP contribution in [-0.2, 0) is 10.0 Å². The van der Waals surface area contributed by atoms with E-state index >= 15 is 0 Å². The van der Waals surface area contributed by atoms with E-state index < -0.39 is 10.0 Å². The first kappa shape index (κ1) is 13.8. The highest BCUT2D eigenvalue weighted by Gasteiger charge is 2.37. The van der Waals surface area contributed by atoms with Gasteiger partial charge in [-0.15, -0.1) is 0 Å². The molecule has 0 bridgehead atoms. The van der Waals surface area contributed by atoms with E-state index in [4.69, 9.17) is 11.6 Å². The highest BCUT2D eigenvalue weighted by molar-refractivity contribution is 7.89. The maximum absolute atomic E-state index is 12.2. The van der Waals surface area contributed by atoms with Gasteiger partial charge in [-0.2, -0.15) is 0 Å². The van der Waals surface area contributed by atoms with Crippen LogP contribution in [0.3, 0.4) is 0 Å². The molecule has 6 heteroatoms. The van der Waals surface area contributed by atoms with Crippen molar-refractivity contribution in [1.82, 2.24) is 9.71 Å². The zero-order valence-corrected chi connectivity index (χ0v) is 12.1. The van der Waals surface area contributed by atoms with Crippen LogP contribution in [0.2, 0.25) is 5.15 Å². The minimum Gasteiger partial charge on any atom is -0.243 e. The smallest absolute Gasteiger partial charge is 0.242 e. The number of rotatable bonds is 3. The van der Waals surface area contributed by atoms with E-state index in [1.807, 2.05) is 0 Å². The lowest BCUT2D eigenvalue weighted by atomic mass is 9.88. The maximum Gasteiger partial charge on any atom is 0.242 e. The third kappa shape index (κ3) is 2.84. The molecule has 1 unspecified atom stereocenters. The summed E-state index contributed by atoms with van der Waals surface area (Å²) in [6.07, 6.45) is 4.26. The summed E-state index contributed by atoms with van der Waals surface area (Å²) >= 11 is 5.65. The predicted octanol–water partition coefficient (Wildman–Crippen LogP) is 2.59. The summed E-state index contributed by atoms with van der Waals surface area (Å²) in [6.45, 7) is 4.18. The van der Waals surface area contributed by atoms with Crippen molar-refractivity contribution >= 4 is 21.6 Å². The second-order valence-electron chi connectivity index (χ2n) is 5.37. The van der Waals surface area contributed by atoms with E-state index in [0.717, 1.165) is 19.3 Å². The van der Waals surface area contributed by atoms with Gasteiger partial charge in [0.15, 0.2) is 0 Å². The molecule has 1 fully saturated rings. The van der Waals surface area contributed by atoms with Gasteiger partial charge in [-0.25, -0.2) is 18.1 Å². The first-order valence-electron chi connectivity index (χ1n) is 5.95. The van der Waals surface area contributed by atoms with Crippen LogP contribution in [-0.4, -0.2) is 19.4 Å². The van der Waals surface area contributed by atoms with Crippen LogP contribution < -0.4 is 4.72 Å². The molecule has 0 radical (unpaired) electrons. The average Bonchev–Trinajstić information content (AvgIpc) is 2.58. The minimum atomic E-state index is -3.50. The Morgan fingerprint density at radius 3 is 2.67 bits per heavy atom. The Hall–Kier alpha value is -0.650. The summed E-state index contributed by atoms with van der Waals surface area (Å²) in [7, 11) is -3.50. The summed E-state index contributed by atoms with van der Waals surface area (Å²) in [6, 6.07) is 2.94. The molecule has 18 heavy (non-hydrogen) atoms. The van der Waals surface area contributed by atoms with Crippen molar-refractivity contribution in [2.24, 2.45) is 5.41 Å². The van der Waals surface area contributed by atoms with Crippen LogP contribution in [0.1, 0.15) is 33.1 Å². The molecule has 1 saturated carbocycles. The van der Waals surface area contributed by atoms with Gasteiger partial charge in [0.2, 0.25) is 10.0 Å². The van der Waals surface area contributed by atoms with Gasteiger partial charge in [0.1, 0.15) is 10.0 Å². The number of hydrogen-bond donors (Lipinski definition) is 1. The summed E-state index contributed by atoms with van der Waals surface area (Å²) in [5, 5.41) is 0.287. The van der Waals surface area contributed by atoms with Crippen molar-refractivity contribution < 1.29 is 8.42 Å². The summed E-state index contributed by atoms with van der Waals surface area (Å²) in [5.74, 6) is 0. The Bertz CT molecular complexity index is 526. The number of aromatic nitrogens is 1. The van der Waals surface area contributed by atoms with Gasteiger partial charge in [0.05, 0.1) is 0 Å². The Balaban J connectivity index is 2.20. The molecule has 100 valence electrons. The number of pyridine rings is 1. The van der Waals surface area contributed by atoms with Crippen molar-refractivity contribution in [1.29, 1.82) is 0 Å². The summed E-state index contributed by atoms with van der Waals surface area (Å²) < 4.78 is 27.2. The molecule has 1 aromatic rings. The van der Waals surface area contributed by atoms with Gasteiger partial charge in [-0.3, -0.25) is 0 Å². The van der Waals surface area contributed by atoms with Gasteiger partial charge >= 0.3 is 0 Å². The Kier molecular flexibility index (Phi) is 3.67. The van der Waals surface area contributed by atoms with Crippen LogP contribution in [0.4, 0.5) is 0 Å². The molecule has 0 aromatic carbocycles. The largest absolute Gasteiger partial charge is 0.243 e. The Morgan fingerprint density at radius 1 is 1.44 bits per heavy atom. The zero-order chi connectivity index (χ0) is 13.4. The quantitative estimate of drug-likeness (QED) is 0.870. The fourth-order valence-electron chi connectivity index (χ4n) is 2.32. The molecule has 0 saturated heterocycles. The molecule has 0 aliphatic heterocycles. The van der Waals surface area contributed by atoms with E-state index in [2.05, 4.69) is 23.6 Å². The van der Waals surface area contributed by atoms with Crippen LogP contribution >= 0.6 is 11.6 Å². The number of halogens is 1. The van der Waals surface area contributed by atoms with Gasteiger partial charge < -0.3 is 0 Å². The molecule has 1 atom stereocenters. The number of hydrogen-bond acceptors (Lipinski definition) is 3. The summed E-state index contributed by atoms with van der Waals surface area (Å²) in [4.78, 5) is 3.96. The first-order valence-corrected chi connectivity index (χ1v) is 7.81. The van der Waals surface area contributed by atoms with Crippen molar-refractivity contribution in [2.45, 2.75) is 44.0 Å². The molecule has 0 spiro atoms. The molecule has 0 amide bonds. The fraction of sp³-hybridized carbons (Fsp3) is 0.583. The lowest BCUT2D eigenvalue weighted by Crippen LogP contribution is -2.41. The standard InChI is InChI=1S/C12H17ClN2O2S/c1-12(2)7-3-4-10(12)15-18(16,17)9-5-6-11(13)14-8-9/h5-6,8,10,15H,3-4,7H2,1-2H3. The van der Waals surface area contributed by atoms with Crippen molar-refractivity contribution in [3.63, 3.8) is 0 Å². The van der Waals surface area contributed by atoms with Gasteiger partial charge in [0.25, 0.3) is 0 Å². The van der Waals surface area contributed by atoms with Crippen LogP contribution in [0.5, 0.6) is 0 Å². The Labute approximate surface area is 113 Å². The van der Waals surface area contributed by atoms with Crippen LogP contribution in [0.25, 0.3) is 0 Å². The van der Waals surface area contributed by atoms with Crippen LogP contribution in [0, 0.1) is 5.41 Å².